The molecule has 1 atom stereocenters. The lowest BCUT2D eigenvalue weighted by Gasteiger charge is -2.28. The Morgan fingerprint density at radius 2 is 2.00 bits per heavy atom. The molecular weight excluding hydrogens is 178 g/mol. The number of rotatable bonds is 2. The fraction of sp³-hybridized carbons (Fsp3) is 1.00. The molecule has 1 aliphatic heterocycles. The van der Waals surface area contributed by atoms with Gasteiger partial charge >= 0.3 is 0 Å². The van der Waals surface area contributed by atoms with Crippen molar-refractivity contribution in [3.63, 3.8) is 0 Å². The minimum absolute atomic E-state index is 0.266. The van der Waals surface area contributed by atoms with Crippen LogP contribution in [0.25, 0.3) is 0 Å². The average molecular weight is 199 g/mol. The van der Waals surface area contributed by atoms with E-state index in [9.17, 15) is 5.11 Å². The molecule has 3 nitrogen and oxygen atoms in total. The molecule has 0 radical (unpaired) electrons. The molecule has 14 heavy (non-hydrogen) atoms. The first-order chi connectivity index (χ1) is 6.74. The Balaban J connectivity index is 1.70. The number of nitrogens with zero attached hydrogens (tertiary/aromatic N) is 1. The second kappa shape index (κ2) is 4.60. The van der Waals surface area contributed by atoms with E-state index in [-0.39, 0.29) is 6.10 Å². The minimum atomic E-state index is -0.266. The van der Waals surface area contributed by atoms with E-state index in [1.807, 2.05) is 5.06 Å². The largest absolute Gasteiger partial charge is 0.389 e. The third kappa shape index (κ3) is 2.69. The molecule has 0 spiro atoms. The standard InChI is InChI=1S/C11H21NO2/c1-9-2-4-10(5-3-9)6-12-7-11(13)8-14-12/h9-11,13H,2-8H2,1H3/t9?,10?,11-/m1/s1. The molecule has 0 aromatic carbocycles. The van der Waals surface area contributed by atoms with Crippen molar-refractivity contribution in [2.75, 3.05) is 19.7 Å². The van der Waals surface area contributed by atoms with Crippen molar-refractivity contribution in [3.05, 3.63) is 0 Å². The molecule has 3 heteroatoms. The van der Waals surface area contributed by atoms with Crippen LogP contribution < -0.4 is 0 Å². The van der Waals surface area contributed by atoms with Gasteiger partial charge in [0.05, 0.1) is 19.3 Å². The van der Waals surface area contributed by atoms with Crippen LogP contribution in [0.5, 0.6) is 0 Å². The van der Waals surface area contributed by atoms with Gasteiger partial charge in [-0.3, -0.25) is 4.84 Å². The number of hydrogen-bond donors (Lipinski definition) is 1. The van der Waals surface area contributed by atoms with Crippen molar-refractivity contribution in [1.82, 2.24) is 5.06 Å². The van der Waals surface area contributed by atoms with Gasteiger partial charge in [0, 0.05) is 6.54 Å². The number of aliphatic hydroxyl groups excluding tert-OH is 1. The van der Waals surface area contributed by atoms with Crippen molar-refractivity contribution < 1.29 is 9.94 Å². The summed E-state index contributed by atoms with van der Waals surface area (Å²) in [6.45, 7) is 4.55. The Bertz CT molecular complexity index is 178. The summed E-state index contributed by atoms with van der Waals surface area (Å²) < 4.78 is 0. The molecule has 0 aromatic heterocycles. The van der Waals surface area contributed by atoms with Crippen molar-refractivity contribution in [2.45, 2.75) is 38.7 Å². The van der Waals surface area contributed by atoms with Gasteiger partial charge in [-0.05, 0) is 24.7 Å². The van der Waals surface area contributed by atoms with Crippen molar-refractivity contribution in [3.8, 4) is 0 Å². The lowest BCUT2D eigenvalue weighted by Crippen LogP contribution is -2.29. The van der Waals surface area contributed by atoms with Crippen LogP contribution in [0.3, 0.4) is 0 Å². The molecule has 1 saturated carbocycles. The summed E-state index contributed by atoms with van der Waals surface area (Å²) in [5.74, 6) is 1.70. The Morgan fingerprint density at radius 3 is 2.57 bits per heavy atom. The van der Waals surface area contributed by atoms with E-state index in [0.717, 1.165) is 18.4 Å². The quantitative estimate of drug-likeness (QED) is 0.730. The predicted octanol–water partition coefficient (Wildman–Crippen LogP) is 1.42. The van der Waals surface area contributed by atoms with Gasteiger partial charge in [0.15, 0.2) is 0 Å². The maximum Gasteiger partial charge on any atom is 0.0958 e. The van der Waals surface area contributed by atoms with E-state index in [4.69, 9.17) is 4.84 Å². The first-order valence-corrected chi connectivity index (χ1v) is 5.80. The fourth-order valence-electron chi connectivity index (χ4n) is 2.46. The van der Waals surface area contributed by atoms with Crippen molar-refractivity contribution in [2.24, 2.45) is 11.8 Å². The second-order valence-electron chi connectivity index (χ2n) is 4.92. The normalized spacial score (nSPS) is 40.3. The topological polar surface area (TPSA) is 32.7 Å². The molecule has 82 valence electrons. The summed E-state index contributed by atoms with van der Waals surface area (Å²) in [6.07, 6.45) is 5.12. The van der Waals surface area contributed by atoms with Crippen LogP contribution in [0.4, 0.5) is 0 Å². The summed E-state index contributed by atoms with van der Waals surface area (Å²) >= 11 is 0. The van der Waals surface area contributed by atoms with Crippen LogP contribution in [0.15, 0.2) is 0 Å². The Labute approximate surface area is 86.0 Å². The van der Waals surface area contributed by atoms with Gasteiger partial charge in [-0.1, -0.05) is 19.8 Å². The van der Waals surface area contributed by atoms with E-state index in [2.05, 4.69) is 6.92 Å². The maximum absolute atomic E-state index is 9.30. The molecule has 2 aliphatic rings. The zero-order valence-electron chi connectivity index (χ0n) is 8.98. The fourth-order valence-corrected chi connectivity index (χ4v) is 2.46. The Kier molecular flexibility index (Phi) is 3.42. The summed E-state index contributed by atoms with van der Waals surface area (Å²) in [5, 5.41) is 11.3. The Morgan fingerprint density at radius 1 is 1.29 bits per heavy atom. The van der Waals surface area contributed by atoms with Gasteiger partial charge in [0.2, 0.25) is 0 Å². The molecule has 0 unspecified atom stereocenters. The Hall–Kier alpha value is -0.120. The predicted molar refractivity (Wildman–Crippen MR) is 54.7 cm³/mol. The van der Waals surface area contributed by atoms with Crippen LogP contribution >= 0.6 is 0 Å². The molecular formula is C11H21NO2. The monoisotopic (exact) mass is 199 g/mol. The molecule has 1 heterocycles. The highest BCUT2D eigenvalue weighted by molar-refractivity contribution is 4.74. The molecule has 1 saturated heterocycles. The molecule has 0 amide bonds. The summed E-state index contributed by atoms with van der Waals surface area (Å²) in [7, 11) is 0. The zero-order valence-corrected chi connectivity index (χ0v) is 8.98. The van der Waals surface area contributed by atoms with Crippen molar-refractivity contribution >= 4 is 0 Å². The lowest BCUT2D eigenvalue weighted by molar-refractivity contribution is -0.121. The molecule has 1 N–H and O–H groups in total. The number of hydroxylamine groups is 2. The number of β-amino-alcohol motifs (C(OH)–C–C–N with tert-alkyl or cyclic N) is 1. The summed E-state index contributed by atoms with van der Waals surface area (Å²) in [5.41, 5.74) is 0. The third-order valence-corrected chi connectivity index (χ3v) is 3.46. The highest BCUT2D eigenvalue weighted by atomic mass is 16.7. The van der Waals surface area contributed by atoms with Crippen LogP contribution in [0.2, 0.25) is 0 Å². The van der Waals surface area contributed by atoms with Gasteiger partial charge in [-0.15, -0.1) is 0 Å². The van der Waals surface area contributed by atoms with Gasteiger partial charge in [-0.25, -0.2) is 0 Å². The first-order valence-electron chi connectivity index (χ1n) is 5.80. The molecule has 2 rings (SSSR count). The van der Waals surface area contributed by atoms with Crippen molar-refractivity contribution in [1.29, 1.82) is 0 Å². The SMILES string of the molecule is CC1CCC(CN2C[C@@H](O)CO2)CC1. The maximum atomic E-state index is 9.30. The van der Waals surface area contributed by atoms with E-state index in [1.165, 1.54) is 25.7 Å². The van der Waals surface area contributed by atoms with E-state index < -0.39 is 0 Å². The van der Waals surface area contributed by atoms with Gasteiger partial charge in [0.1, 0.15) is 0 Å². The minimum Gasteiger partial charge on any atom is -0.389 e. The van der Waals surface area contributed by atoms with E-state index in [1.54, 1.807) is 0 Å². The number of hydrogen-bond acceptors (Lipinski definition) is 3. The second-order valence-corrected chi connectivity index (χ2v) is 4.92. The van der Waals surface area contributed by atoms with E-state index >= 15 is 0 Å². The highest BCUT2D eigenvalue weighted by Gasteiger charge is 2.26. The van der Waals surface area contributed by atoms with Crippen LogP contribution in [0.1, 0.15) is 32.6 Å². The van der Waals surface area contributed by atoms with Crippen LogP contribution in [-0.4, -0.2) is 36.0 Å². The summed E-state index contributed by atoms with van der Waals surface area (Å²) in [4.78, 5) is 5.38. The van der Waals surface area contributed by atoms with Gasteiger partial charge < -0.3 is 5.11 Å². The molecule has 0 aromatic rings. The smallest absolute Gasteiger partial charge is 0.0958 e. The van der Waals surface area contributed by atoms with Gasteiger partial charge in [0.25, 0.3) is 0 Å². The number of aliphatic hydroxyl groups is 1. The summed E-state index contributed by atoms with van der Waals surface area (Å²) in [6, 6.07) is 0. The molecule has 2 fully saturated rings. The average Bonchev–Trinajstić information content (AvgIpc) is 2.56. The lowest BCUT2D eigenvalue weighted by atomic mass is 9.83. The van der Waals surface area contributed by atoms with Crippen LogP contribution in [0, 0.1) is 11.8 Å². The van der Waals surface area contributed by atoms with Crippen LogP contribution in [-0.2, 0) is 4.84 Å². The molecule has 0 bridgehead atoms. The zero-order chi connectivity index (χ0) is 9.97. The van der Waals surface area contributed by atoms with E-state index in [0.29, 0.717) is 13.2 Å². The first kappa shape index (κ1) is 10.4. The third-order valence-electron chi connectivity index (χ3n) is 3.46. The molecule has 1 aliphatic carbocycles. The van der Waals surface area contributed by atoms with Gasteiger partial charge in [-0.2, -0.15) is 5.06 Å². The highest BCUT2D eigenvalue weighted by Crippen LogP contribution is 2.29.